The average molecular weight is 891 g/mol. The highest BCUT2D eigenvalue weighted by molar-refractivity contribution is 6.03. The fourth-order valence-corrected chi connectivity index (χ4v) is 10.4. The van der Waals surface area contributed by atoms with Crippen molar-refractivity contribution in [3.63, 3.8) is 0 Å². The summed E-state index contributed by atoms with van der Waals surface area (Å²) in [6.45, 7) is 12.8. The first-order valence-corrected chi connectivity index (χ1v) is 24.9. The van der Waals surface area contributed by atoms with Crippen molar-refractivity contribution in [1.82, 2.24) is 4.90 Å². The predicted molar refractivity (Wildman–Crippen MR) is 262 cm³/mol. The van der Waals surface area contributed by atoms with E-state index in [1.165, 1.54) is 38.5 Å². The van der Waals surface area contributed by atoms with Crippen LogP contribution < -0.4 is 9.47 Å². The Kier molecular flexibility index (Phi) is 18.7. The molecule has 0 aromatic heterocycles. The van der Waals surface area contributed by atoms with Gasteiger partial charge in [-0.2, -0.15) is 0 Å². The average Bonchev–Trinajstić information content (AvgIpc) is 3.30. The van der Waals surface area contributed by atoms with E-state index in [-0.39, 0.29) is 49.4 Å². The van der Waals surface area contributed by atoms with Crippen molar-refractivity contribution in [3.8, 4) is 28.4 Å². The van der Waals surface area contributed by atoms with Crippen LogP contribution in [0.5, 0.6) is 17.2 Å². The summed E-state index contributed by atoms with van der Waals surface area (Å²) in [5, 5.41) is 24.9. The zero-order valence-corrected chi connectivity index (χ0v) is 40.1. The molecular formula is C56H78N2O7. The summed E-state index contributed by atoms with van der Waals surface area (Å²) in [6.07, 6.45) is 20.5. The van der Waals surface area contributed by atoms with Crippen molar-refractivity contribution in [2.24, 2.45) is 22.9 Å². The molecule has 6 rings (SSSR count). The SMILES string of the molecule is C=CCO[C@@]12Oc3ccc(Oc4ccc(-c5ccccc5)cc4)cc3[C@H]3[C@H](CCCCO)[C@@H](CCCCO)C=C(C(=NOC(C)(C)C)C[C@@H]1N(C)C(=O)CCCCCCCCCCC)[C@H]32. The zero-order chi connectivity index (χ0) is 46.2. The fourth-order valence-electron chi connectivity index (χ4n) is 10.4. The number of nitrogens with zero attached hydrogens (tertiary/aromatic N) is 2. The van der Waals surface area contributed by atoms with Gasteiger partial charge in [0, 0.05) is 44.6 Å². The molecule has 0 bridgehead atoms. The maximum Gasteiger partial charge on any atom is 0.239 e. The maximum atomic E-state index is 14.5. The molecule has 0 saturated heterocycles. The first kappa shape index (κ1) is 50.0. The predicted octanol–water partition coefficient (Wildman–Crippen LogP) is 13.0. The highest BCUT2D eigenvalue weighted by Crippen LogP contribution is 2.62. The number of aliphatic hydroxyl groups excluding tert-OH is 2. The van der Waals surface area contributed by atoms with Gasteiger partial charge in [-0.25, -0.2) is 0 Å². The molecule has 9 nitrogen and oxygen atoms in total. The number of carbonyl (C=O) groups is 1. The highest BCUT2D eigenvalue weighted by Gasteiger charge is 2.65. The van der Waals surface area contributed by atoms with Gasteiger partial charge in [0.1, 0.15) is 28.9 Å². The molecule has 354 valence electrons. The molecule has 3 aliphatic rings. The number of benzene rings is 3. The first-order chi connectivity index (χ1) is 31.5. The summed E-state index contributed by atoms with van der Waals surface area (Å²) in [5.41, 5.74) is 4.57. The van der Waals surface area contributed by atoms with Gasteiger partial charge in [-0.15, -0.1) is 6.58 Å². The second-order valence-electron chi connectivity index (χ2n) is 19.6. The summed E-state index contributed by atoms with van der Waals surface area (Å²) in [7, 11) is 1.91. The Morgan fingerprint density at radius 1 is 0.846 bits per heavy atom. The second kappa shape index (κ2) is 24.4. The van der Waals surface area contributed by atoms with Gasteiger partial charge < -0.3 is 34.2 Å². The molecule has 6 atom stereocenters. The molecule has 3 aromatic carbocycles. The van der Waals surface area contributed by atoms with Gasteiger partial charge in [-0.3, -0.25) is 4.79 Å². The number of hydrogen-bond acceptors (Lipinski definition) is 8. The van der Waals surface area contributed by atoms with Gasteiger partial charge in [-0.1, -0.05) is 131 Å². The second-order valence-corrected chi connectivity index (χ2v) is 19.6. The minimum absolute atomic E-state index is 0.0632. The number of aliphatic hydroxyl groups is 2. The van der Waals surface area contributed by atoms with Crippen LogP contribution in [0.4, 0.5) is 0 Å². The fraction of sp³-hybridized carbons (Fsp3) is 0.571. The van der Waals surface area contributed by atoms with Crippen LogP contribution in [0, 0.1) is 17.8 Å². The van der Waals surface area contributed by atoms with Crippen molar-refractivity contribution < 1.29 is 34.1 Å². The summed E-state index contributed by atoms with van der Waals surface area (Å²) in [4.78, 5) is 22.6. The topological polar surface area (TPSA) is 110 Å². The van der Waals surface area contributed by atoms with Gasteiger partial charge in [0.15, 0.2) is 0 Å². The monoisotopic (exact) mass is 891 g/mol. The molecular weight excluding hydrogens is 813 g/mol. The largest absolute Gasteiger partial charge is 0.459 e. The normalized spacial score (nSPS) is 22.9. The molecule has 1 aliphatic heterocycles. The molecule has 1 fully saturated rings. The molecule has 0 radical (unpaired) electrons. The lowest BCUT2D eigenvalue weighted by Gasteiger charge is -2.59. The molecule has 3 aromatic rings. The van der Waals surface area contributed by atoms with E-state index < -0.39 is 17.4 Å². The third-order valence-corrected chi connectivity index (χ3v) is 13.6. The van der Waals surface area contributed by atoms with Crippen molar-refractivity contribution in [2.45, 2.75) is 160 Å². The Balaban J connectivity index is 1.42. The van der Waals surface area contributed by atoms with E-state index in [1.807, 2.05) is 75.2 Å². The molecule has 1 amide bonds. The van der Waals surface area contributed by atoms with Crippen LogP contribution >= 0.6 is 0 Å². The number of unbranched alkanes of at least 4 members (excludes halogenated alkanes) is 10. The van der Waals surface area contributed by atoms with E-state index in [2.05, 4.69) is 49.9 Å². The summed E-state index contributed by atoms with van der Waals surface area (Å²) in [6, 6.07) is 24.1. The summed E-state index contributed by atoms with van der Waals surface area (Å²) in [5.74, 6) is 0.686. The van der Waals surface area contributed by atoms with Crippen molar-refractivity contribution in [2.75, 3.05) is 26.9 Å². The van der Waals surface area contributed by atoms with E-state index >= 15 is 0 Å². The maximum absolute atomic E-state index is 14.5. The molecule has 0 spiro atoms. The number of hydrogen-bond donors (Lipinski definition) is 2. The van der Waals surface area contributed by atoms with Gasteiger partial charge in [-0.05, 0) is 112 Å². The summed E-state index contributed by atoms with van der Waals surface area (Å²) < 4.78 is 21.1. The Morgan fingerprint density at radius 2 is 1.49 bits per heavy atom. The van der Waals surface area contributed by atoms with Crippen LogP contribution in [0.1, 0.15) is 148 Å². The van der Waals surface area contributed by atoms with Crippen molar-refractivity contribution >= 4 is 11.6 Å². The zero-order valence-electron chi connectivity index (χ0n) is 40.1. The molecule has 9 heteroatoms. The van der Waals surface area contributed by atoms with Crippen LogP contribution in [-0.4, -0.2) is 71.0 Å². The lowest BCUT2D eigenvalue weighted by molar-refractivity contribution is -0.255. The number of carbonyl (C=O) groups excluding carboxylic acids is 1. The number of rotatable bonds is 26. The standard InChI is InChI=1S/C56H78N2O7/c1-7-9-10-11-12-13-14-15-19-28-52(61)58(6)51-40-49(57-65-55(3,4)5)47-38-43(26-20-22-35-59)46(27-21-23-36-60)53-48-39-45(33-34-50(48)64-56(51,54(47)53)62-37-8-2)63-44-31-29-42(30-32-44)41-24-17-16-18-25-41/h8,16-18,24-25,29-34,38-39,43,46,51,53-54,59-60H,2,7,9-15,19-23,26-28,35-37,40H2,1,3-6H3/t43-,46+,51-,53+,54+,56+/m0/s1. The van der Waals surface area contributed by atoms with Crippen LogP contribution in [0.3, 0.4) is 0 Å². The number of fused-ring (bicyclic) bond motifs is 2. The Morgan fingerprint density at radius 3 is 2.15 bits per heavy atom. The number of ether oxygens (including phenoxy) is 3. The lowest BCUT2D eigenvalue weighted by atomic mass is 9.55. The van der Waals surface area contributed by atoms with E-state index in [1.54, 1.807) is 6.08 Å². The van der Waals surface area contributed by atoms with Crippen LogP contribution in [0.25, 0.3) is 11.1 Å². The number of allylic oxidation sites excluding steroid dienone is 1. The highest BCUT2D eigenvalue weighted by atomic mass is 16.7. The van der Waals surface area contributed by atoms with Crippen molar-refractivity contribution in [3.05, 3.63) is 103 Å². The Bertz CT molecular complexity index is 2010. The van der Waals surface area contributed by atoms with Crippen LogP contribution in [-0.2, 0) is 14.4 Å². The van der Waals surface area contributed by atoms with Crippen molar-refractivity contribution in [1.29, 1.82) is 0 Å². The Labute approximate surface area is 390 Å². The molecule has 1 saturated carbocycles. The number of oxime groups is 1. The quantitative estimate of drug-likeness (QED) is 0.0469. The van der Waals surface area contributed by atoms with Gasteiger partial charge in [0.25, 0.3) is 0 Å². The van der Waals surface area contributed by atoms with Gasteiger partial charge in [0.05, 0.1) is 18.2 Å². The molecule has 65 heavy (non-hydrogen) atoms. The number of amides is 1. The first-order valence-electron chi connectivity index (χ1n) is 24.9. The van der Waals surface area contributed by atoms with E-state index in [9.17, 15) is 15.0 Å². The Hall–Kier alpha value is -4.44. The number of likely N-dealkylation sites (N-methyl/N-ethyl adjacent to an activating group) is 1. The third-order valence-electron chi connectivity index (χ3n) is 13.6. The van der Waals surface area contributed by atoms with E-state index in [0.717, 1.165) is 78.7 Å². The van der Waals surface area contributed by atoms with Gasteiger partial charge in [0.2, 0.25) is 11.7 Å². The molecule has 2 N–H and O–H groups in total. The molecule has 2 aliphatic carbocycles. The van der Waals surface area contributed by atoms with E-state index in [0.29, 0.717) is 37.2 Å². The van der Waals surface area contributed by atoms with Gasteiger partial charge >= 0.3 is 0 Å². The minimum Gasteiger partial charge on any atom is -0.459 e. The molecule has 1 heterocycles. The third kappa shape index (κ3) is 12.9. The van der Waals surface area contributed by atoms with Crippen LogP contribution in [0.2, 0.25) is 0 Å². The van der Waals surface area contributed by atoms with E-state index in [4.69, 9.17) is 24.2 Å². The smallest absolute Gasteiger partial charge is 0.239 e. The van der Waals surface area contributed by atoms with Crippen LogP contribution in [0.15, 0.2) is 102 Å². The molecule has 0 unspecified atom stereocenters. The minimum atomic E-state index is -1.28. The lowest BCUT2D eigenvalue weighted by Crippen LogP contribution is -2.69. The summed E-state index contributed by atoms with van der Waals surface area (Å²) >= 11 is 0.